The van der Waals surface area contributed by atoms with Crippen LogP contribution in [-0.2, 0) is 4.79 Å². The van der Waals surface area contributed by atoms with Gasteiger partial charge in [-0.05, 0) is 26.0 Å². The van der Waals surface area contributed by atoms with Crippen LogP contribution in [0.4, 0.5) is 0 Å². The minimum absolute atomic E-state index is 0.118. The summed E-state index contributed by atoms with van der Waals surface area (Å²) in [6, 6.07) is 0.242. The molecule has 0 rings (SSSR count). The molecular weight excluding hydrogens is 172 g/mol. The molecule has 0 aromatic rings. The van der Waals surface area contributed by atoms with Crippen LogP contribution in [0.5, 0.6) is 0 Å². The topological polar surface area (TPSA) is 55.1 Å². The SMILES string of the molecule is CCNC(=O)CSCCC(C)N. The minimum atomic E-state index is 0.118. The van der Waals surface area contributed by atoms with E-state index in [0.717, 1.165) is 12.2 Å². The molecule has 3 N–H and O–H groups in total. The van der Waals surface area contributed by atoms with Gasteiger partial charge in [-0.1, -0.05) is 0 Å². The molecule has 72 valence electrons. The molecule has 1 amide bonds. The zero-order valence-electron chi connectivity index (χ0n) is 7.80. The van der Waals surface area contributed by atoms with Crippen LogP contribution in [0.2, 0.25) is 0 Å². The molecule has 0 aromatic carbocycles. The summed E-state index contributed by atoms with van der Waals surface area (Å²) in [5.74, 6) is 1.64. The first-order valence-corrected chi connectivity index (χ1v) is 5.42. The van der Waals surface area contributed by atoms with Crippen LogP contribution in [0.25, 0.3) is 0 Å². The lowest BCUT2D eigenvalue weighted by atomic mass is 10.3. The number of thioether (sulfide) groups is 1. The Hall–Kier alpha value is -0.220. The van der Waals surface area contributed by atoms with Crippen LogP contribution in [0.15, 0.2) is 0 Å². The molecule has 0 fully saturated rings. The van der Waals surface area contributed by atoms with E-state index in [1.807, 2.05) is 13.8 Å². The molecule has 0 aliphatic heterocycles. The summed E-state index contributed by atoms with van der Waals surface area (Å²) in [4.78, 5) is 10.9. The lowest BCUT2D eigenvalue weighted by Crippen LogP contribution is -2.25. The lowest BCUT2D eigenvalue weighted by molar-refractivity contribution is -0.118. The van der Waals surface area contributed by atoms with Crippen LogP contribution in [0.1, 0.15) is 20.3 Å². The van der Waals surface area contributed by atoms with Gasteiger partial charge in [0, 0.05) is 12.6 Å². The molecule has 0 aromatic heterocycles. The molecule has 1 unspecified atom stereocenters. The van der Waals surface area contributed by atoms with Crippen molar-refractivity contribution in [3.05, 3.63) is 0 Å². The van der Waals surface area contributed by atoms with Crippen LogP contribution < -0.4 is 11.1 Å². The van der Waals surface area contributed by atoms with Gasteiger partial charge in [-0.15, -0.1) is 0 Å². The fourth-order valence-corrected chi connectivity index (χ4v) is 1.65. The van der Waals surface area contributed by atoms with E-state index in [0.29, 0.717) is 12.3 Å². The molecule has 0 saturated carbocycles. The largest absolute Gasteiger partial charge is 0.356 e. The molecule has 0 spiro atoms. The summed E-state index contributed by atoms with van der Waals surface area (Å²) < 4.78 is 0. The van der Waals surface area contributed by atoms with Crippen molar-refractivity contribution in [2.24, 2.45) is 5.73 Å². The fourth-order valence-electron chi connectivity index (χ4n) is 0.682. The second-order valence-electron chi connectivity index (χ2n) is 2.77. The Morgan fingerprint density at radius 3 is 2.83 bits per heavy atom. The van der Waals surface area contributed by atoms with Crippen molar-refractivity contribution in [1.29, 1.82) is 0 Å². The number of rotatable bonds is 6. The second kappa shape index (κ2) is 7.43. The van der Waals surface area contributed by atoms with Gasteiger partial charge in [-0.25, -0.2) is 0 Å². The molecule has 0 radical (unpaired) electrons. The van der Waals surface area contributed by atoms with Crippen LogP contribution in [-0.4, -0.2) is 30.0 Å². The highest BCUT2D eigenvalue weighted by molar-refractivity contribution is 7.99. The van der Waals surface area contributed by atoms with Crippen LogP contribution in [0.3, 0.4) is 0 Å². The molecule has 4 heteroatoms. The van der Waals surface area contributed by atoms with Crippen molar-refractivity contribution in [1.82, 2.24) is 5.32 Å². The van der Waals surface area contributed by atoms with Gasteiger partial charge >= 0.3 is 0 Å². The van der Waals surface area contributed by atoms with E-state index in [9.17, 15) is 4.79 Å². The van der Waals surface area contributed by atoms with Crippen molar-refractivity contribution < 1.29 is 4.79 Å². The van der Waals surface area contributed by atoms with Crippen molar-refractivity contribution in [3.63, 3.8) is 0 Å². The highest BCUT2D eigenvalue weighted by Crippen LogP contribution is 2.02. The summed E-state index contributed by atoms with van der Waals surface area (Å²) >= 11 is 1.64. The van der Waals surface area contributed by atoms with Crippen molar-refractivity contribution in [3.8, 4) is 0 Å². The van der Waals surface area contributed by atoms with Crippen molar-refractivity contribution >= 4 is 17.7 Å². The maximum Gasteiger partial charge on any atom is 0.229 e. The zero-order chi connectivity index (χ0) is 9.40. The third-order valence-corrected chi connectivity index (χ3v) is 2.32. The number of carbonyl (C=O) groups excluding carboxylic acids is 1. The van der Waals surface area contributed by atoms with E-state index in [2.05, 4.69) is 5.32 Å². The Morgan fingerprint density at radius 1 is 1.67 bits per heavy atom. The number of hydrogen-bond donors (Lipinski definition) is 2. The first-order chi connectivity index (χ1) is 5.66. The molecule has 1 atom stereocenters. The monoisotopic (exact) mass is 190 g/mol. The molecule has 0 heterocycles. The Bertz CT molecular complexity index is 128. The first kappa shape index (κ1) is 11.8. The van der Waals surface area contributed by atoms with Crippen LogP contribution in [0, 0.1) is 0 Å². The van der Waals surface area contributed by atoms with Crippen LogP contribution >= 0.6 is 11.8 Å². The van der Waals surface area contributed by atoms with Gasteiger partial charge in [0.1, 0.15) is 0 Å². The predicted octanol–water partition coefficient (Wildman–Crippen LogP) is 0.593. The fraction of sp³-hybridized carbons (Fsp3) is 0.875. The Kier molecular flexibility index (Phi) is 7.29. The van der Waals surface area contributed by atoms with Gasteiger partial charge in [0.15, 0.2) is 0 Å². The lowest BCUT2D eigenvalue weighted by Gasteiger charge is -2.04. The minimum Gasteiger partial charge on any atom is -0.356 e. The van der Waals surface area contributed by atoms with Gasteiger partial charge in [0.05, 0.1) is 5.75 Å². The summed E-state index contributed by atoms with van der Waals surface area (Å²) in [5.41, 5.74) is 5.55. The zero-order valence-corrected chi connectivity index (χ0v) is 8.62. The smallest absolute Gasteiger partial charge is 0.229 e. The molecular formula is C8H18N2OS. The predicted molar refractivity (Wildman–Crippen MR) is 54.3 cm³/mol. The van der Waals surface area contributed by atoms with E-state index in [4.69, 9.17) is 5.73 Å². The molecule has 0 bridgehead atoms. The van der Waals surface area contributed by atoms with E-state index >= 15 is 0 Å². The Morgan fingerprint density at radius 2 is 2.33 bits per heavy atom. The summed E-state index contributed by atoms with van der Waals surface area (Å²) in [5, 5.41) is 2.74. The maximum absolute atomic E-state index is 10.9. The average molecular weight is 190 g/mol. The number of amides is 1. The average Bonchev–Trinajstić information content (AvgIpc) is 1.98. The Labute approximate surface area is 78.5 Å². The van der Waals surface area contributed by atoms with Gasteiger partial charge < -0.3 is 11.1 Å². The quantitative estimate of drug-likeness (QED) is 0.603. The number of hydrogen-bond acceptors (Lipinski definition) is 3. The number of nitrogens with two attached hydrogens (primary N) is 1. The number of carbonyl (C=O) groups is 1. The molecule has 0 saturated heterocycles. The maximum atomic E-state index is 10.9. The third kappa shape index (κ3) is 7.88. The summed E-state index contributed by atoms with van der Waals surface area (Å²) in [7, 11) is 0. The third-order valence-electron chi connectivity index (χ3n) is 1.32. The Balaban J connectivity index is 3.14. The van der Waals surface area contributed by atoms with Crippen molar-refractivity contribution in [2.75, 3.05) is 18.1 Å². The van der Waals surface area contributed by atoms with Gasteiger partial charge in [-0.3, -0.25) is 4.79 Å². The van der Waals surface area contributed by atoms with Gasteiger partial charge in [0.2, 0.25) is 5.91 Å². The standard InChI is InChI=1S/C8H18N2OS/c1-3-10-8(11)6-12-5-4-7(2)9/h7H,3-6,9H2,1-2H3,(H,10,11). The first-order valence-electron chi connectivity index (χ1n) is 4.26. The van der Waals surface area contributed by atoms with Crippen molar-refractivity contribution in [2.45, 2.75) is 26.3 Å². The van der Waals surface area contributed by atoms with E-state index in [1.165, 1.54) is 0 Å². The molecule has 12 heavy (non-hydrogen) atoms. The van der Waals surface area contributed by atoms with E-state index in [-0.39, 0.29) is 11.9 Å². The highest BCUT2D eigenvalue weighted by atomic mass is 32.2. The summed E-state index contributed by atoms with van der Waals surface area (Å²) in [6.07, 6.45) is 0.976. The molecule has 0 aliphatic carbocycles. The molecule has 3 nitrogen and oxygen atoms in total. The molecule has 0 aliphatic rings. The second-order valence-corrected chi connectivity index (χ2v) is 3.88. The highest BCUT2D eigenvalue weighted by Gasteiger charge is 1.99. The van der Waals surface area contributed by atoms with E-state index < -0.39 is 0 Å². The van der Waals surface area contributed by atoms with Gasteiger partial charge in [0.25, 0.3) is 0 Å². The van der Waals surface area contributed by atoms with Gasteiger partial charge in [-0.2, -0.15) is 11.8 Å². The normalized spacial score (nSPS) is 12.6. The summed E-state index contributed by atoms with van der Waals surface area (Å²) in [6.45, 7) is 4.61. The number of nitrogens with one attached hydrogen (secondary N) is 1. The van der Waals surface area contributed by atoms with E-state index in [1.54, 1.807) is 11.8 Å².